The number of piperazine rings is 1. The van der Waals surface area contributed by atoms with Crippen molar-refractivity contribution in [3.8, 4) is 0 Å². The third-order valence-corrected chi connectivity index (χ3v) is 5.67. The molecule has 2 aliphatic heterocycles. The first-order chi connectivity index (χ1) is 15.3. The zero-order valence-corrected chi connectivity index (χ0v) is 17.7. The first-order valence-electron chi connectivity index (χ1n) is 10.4. The fourth-order valence-corrected chi connectivity index (χ4v) is 3.93. The predicted octanol–water partition coefficient (Wildman–Crippen LogP) is 1.79. The lowest BCUT2D eigenvalue weighted by atomic mass is 10.1. The summed E-state index contributed by atoms with van der Waals surface area (Å²) in [6.07, 6.45) is 1.26. The van der Waals surface area contributed by atoms with Gasteiger partial charge in [-0.25, -0.2) is 14.2 Å². The van der Waals surface area contributed by atoms with E-state index in [1.165, 1.54) is 24.1 Å². The van der Waals surface area contributed by atoms with E-state index in [2.05, 4.69) is 9.97 Å². The fraction of sp³-hybridized carbons (Fsp3) is 0.429. The number of imidazole rings is 1. The molecule has 32 heavy (non-hydrogen) atoms. The number of amides is 2. The number of ketones is 1. The van der Waals surface area contributed by atoms with Crippen molar-refractivity contribution >= 4 is 35.1 Å². The molecule has 10 nitrogen and oxygen atoms in total. The van der Waals surface area contributed by atoms with Gasteiger partial charge in [-0.3, -0.25) is 9.69 Å². The summed E-state index contributed by atoms with van der Waals surface area (Å²) in [6, 6.07) is 4.63. The van der Waals surface area contributed by atoms with E-state index in [1.807, 2.05) is 4.90 Å². The van der Waals surface area contributed by atoms with Gasteiger partial charge in [0.2, 0.25) is 0 Å². The minimum absolute atomic E-state index is 0.0328. The minimum Gasteiger partial charge on any atom is -0.444 e. The number of Topliss-reactive ketones (excluding diaryl/α,β-unsaturated/α-hetero) is 1. The van der Waals surface area contributed by atoms with Gasteiger partial charge in [-0.05, 0) is 31.5 Å². The largest absolute Gasteiger partial charge is 0.444 e. The summed E-state index contributed by atoms with van der Waals surface area (Å²) in [5.74, 6) is -0.438. The predicted molar refractivity (Wildman–Crippen MR) is 115 cm³/mol. The maximum absolute atomic E-state index is 14.9. The lowest BCUT2D eigenvalue weighted by Gasteiger charge is -2.36. The van der Waals surface area contributed by atoms with Gasteiger partial charge in [0.25, 0.3) is 5.91 Å². The molecule has 2 aromatic rings. The highest BCUT2D eigenvalue weighted by molar-refractivity contribution is 5.93. The fourth-order valence-electron chi connectivity index (χ4n) is 3.93. The normalized spacial score (nSPS) is 18.8. The lowest BCUT2D eigenvalue weighted by Crippen LogP contribution is -2.49. The molecule has 0 unspecified atom stereocenters. The van der Waals surface area contributed by atoms with Crippen LogP contribution in [0.3, 0.4) is 0 Å². The van der Waals surface area contributed by atoms with Crippen molar-refractivity contribution in [3.63, 3.8) is 0 Å². The van der Waals surface area contributed by atoms with Crippen LogP contribution in [0, 0.1) is 5.82 Å². The first kappa shape index (κ1) is 21.6. The molecule has 11 heteroatoms. The Balaban J connectivity index is 1.37. The van der Waals surface area contributed by atoms with Gasteiger partial charge in [0.1, 0.15) is 23.4 Å². The average Bonchev–Trinajstić information content (AvgIpc) is 3.37. The van der Waals surface area contributed by atoms with Gasteiger partial charge in [-0.2, -0.15) is 0 Å². The van der Waals surface area contributed by atoms with Gasteiger partial charge in [0.15, 0.2) is 5.95 Å². The van der Waals surface area contributed by atoms with E-state index in [-0.39, 0.29) is 30.3 Å². The number of ether oxygens (including phenoxy) is 1. The lowest BCUT2D eigenvalue weighted by molar-refractivity contribution is -0.117. The zero-order chi connectivity index (χ0) is 22.8. The van der Waals surface area contributed by atoms with Gasteiger partial charge in [0.05, 0.1) is 24.1 Å². The molecule has 170 valence electrons. The number of anilines is 3. The van der Waals surface area contributed by atoms with Crippen LogP contribution in [0.4, 0.5) is 26.5 Å². The Labute approximate surface area is 184 Å². The first-order valence-corrected chi connectivity index (χ1v) is 10.4. The molecule has 3 heterocycles. The molecule has 2 aliphatic rings. The van der Waals surface area contributed by atoms with E-state index >= 15 is 0 Å². The molecule has 3 N–H and O–H groups in total. The number of carbonyl (C=O) groups is 3. The number of nitrogens with two attached hydrogens (primary N) is 1. The van der Waals surface area contributed by atoms with Gasteiger partial charge >= 0.3 is 6.09 Å². The summed E-state index contributed by atoms with van der Waals surface area (Å²) in [7, 11) is 0. The number of H-pyrrole nitrogens is 1. The molecule has 1 atom stereocenters. The second-order valence-electron chi connectivity index (χ2n) is 7.95. The van der Waals surface area contributed by atoms with Gasteiger partial charge in [-0.1, -0.05) is 0 Å². The number of benzene rings is 1. The summed E-state index contributed by atoms with van der Waals surface area (Å²) in [4.78, 5) is 47.3. The Kier molecular flexibility index (Phi) is 5.97. The molecule has 2 saturated heterocycles. The summed E-state index contributed by atoms with van der Waals surface area (Å²) in [6.45, 7) is 3.55. The van der Waals surface area contributed by atoms with Crippen molar-refractivity contribution in [2.24, 2.45) is 0 Å². The Hall–Kier alpha value is -3.63. The SMILES string of the molecule is CC(=O)CC[C@H]1CN(c2ccc(N3CCN(C(=O)c4cnc(N)[nH]4)CC3)c(F)c2)C(=O)O1. The van der Waals surface area contributed by atoms with Crippen LogP contribution in [-0.2, 0) is 9.53 Å². The number of hydrogen-bond acceptors (Lipinski definition) is 7. The van der Waals surface area contributed by atoms with Crippen molar-refractivity contribution in [3.05, 3.63) is 35.9 Å². The van der Waals surface area contributed by atoms with Gasteiger partial charge in [0, 0.05) is 32.6 Å². The number of carbonyl (C=O) groups excluding carboxylic acids is 3. The molecule has 4 rings (SSSR count). The van der Waals surface area contributed by atoms with E-state index < -0.39 is 11.9 Å². The standard InChI is InChI=1S/C21H25FN6O4/c1-13(29)2-4-15-12-28(21(31)32-15)14-3-5-18(16(22)10-14)26-6-8-27(9-7-26)19(30)17-11-24-20(23)25-17/h3,5,10-11,15H,2,4,6-9,12H2,1H3,(H3,23,24,25)/t15-/m0/s1. The Morgan fingerprint density at radius 2 is 2.03 bits per heavy atom. The van der Waals surface area contributed by atoms with E-state index in [4.69, 9.17) is 10.5 Å². The number of hydrogen-bond donors (Lipinski definition) is 2. The molecule has 1 aromatic carbocycles. The van der Waals surface area contributed by atoms with Crippen LogP contribution in [0.25, 0.3) is 0 Å². The van der Waals surface area contributed by atoms with Crippen molar-refractivity contribution in [2.45, 2.75) is 25.9 Å². The number of halogens is 1. The van der Waals surface area contributed by atoms with Crippen LogP contribution < -0.4 is 15.5 Å². The highest BCUT2D eigenvalue weighted by Crippen LogP contribution is 2.29. The number of nitrogens with zero attached hydrogens (tertiary/aromatic N) is 4. The van der Waals surface area contributed by atoms with Crippen LogP contribution in [-0.4, -0.2) is 71.5 Å². The molecule has 0 aliphatic carbocycles. The zero-order valence-electron chi connectivity index (χ0n) is 17.7. The van der Waals surface area contributed by atoms with E-state index in [9.17, 15) is 18.8 Å². The molecule has 0 saturated carbocycles. The molecular weight excluding hydrogens is 419 g/mol. The van der Waals surface area contributed by atoms with Crippen LogP contribution in [0.5, 0.6) is 0 Å². The number of aromatic amines is 1. The Morgan fingerprint density at radius 1 is 1.28 bits per heavy atom. The number of aromatic nitrogens is 2. The summed E-state index contributed by atoms with van der Waals surface area (Å²) < 4.78 is 20.2. The molecule has 0 bridgehead atoms. The monoisotopic (exact) mass is 444 g/mol. The molecule has 2 amide bonds. The number of nitrogens with one attached hydrogen (secondary N) is 1. The van der Waals surface area contributed by atoms with Crippen molar-refractivity contribution in [2.75, 3.05) is 48.3 Å². The van der Waals surface area contributed by atoms with E-state index in [0.717, 1.165) is 0 Å². The van der Waals surface area contributed by atoms with Crippen molar-refractivity contribution in [1.82, 2.24) is 14.9 Å². The Morgan fingerprint density at radius 3 is 2.66 bits per heavy atom. The molecule has 0 radical (unpaired) electrons. The summed E-state index contributed by atoms with van der Waals surface area (Å²) >= 11 is 0. The number of rotatable bonds is 6. The second-order valence-corrected chi connectivity index (χ2v) is 7.95. The molecule has 1 aromatic heterocycles. The highest BCUT2D eigenvalue weighted by Gasteiger charge is 2.33. The Bertz CT molecular complexity index is 1030. The highest BCUT2D eigenvalue weighted by atomic mass is 19.1. The molecule has 2 fully saturated rings. The van der Waals surface area contributed by atoms with Gasteiger partial charge < -0.3 is 30.0 Å². The smallest absolute Gasteiger partial charge is 0.414 e. The summed E-state index contributed by atoms with van der Waals surface area (Å²) in [5, 5.41) is 0. The maximum Gasteiger partial charge on any atom is 0.414 e. The summed E-state index contributed by atoms with van der Waals surface area (Å²) in [5.41, 5.74) is 6.67. The van der Waals surface area contributed by atoms with Crippen LogP contribution in [0.1, 0.15) is 30.3 Å². The van der Waals surface area contributed by atoms with Crippen LogP contribution in [0.2, 0.25) is 0 Å². The van der Waals surface area contributed by atoms with Gasteiger partial charge in [-0.15, -0.1) is 0 Å². The third kappa shape index (κ3) is 4.51. The van der Waals surface area contributed by atoms with E-state index in [0.29, 0.717) is 56.1 Å². The number of nitrogen functional groups attached to an aromatic ring is 1. The third-order valence-electron chi connectivity index (χ3n) is 5.67. The average molecular weight is 444 g/mol. The maximum atomic E-state index is 14.9. The molecule has 0 spiro atoms. The number of cyclic esters (lactones) is 1. The van der Waals surface area contributed by atoms with E-state index in [1.54, 1.807) is 17.0 Å². The molecular formula is C21H25FN6O4. The van der Waals surface area contributed by atoms with Crippen LogP contribution in [0.15, 0.2) is 24.4 Å². The quantitative estimate of drug-likeness (QED) is 0.696. The van der Waals surface area contributed by atoms with Crippen molar-refractivity contribution < 1.29 is 23.5 Å². The minimum atomic E-state index is -0.544. The van der Waals surface area contributed by atoms with Crippen molar-refractivity contribution in [1.29, 1.82) is 0 Å². The topological polar surface area (TPSA) is 125 Å². The van der Waals surface area contributed by atoms with Crippen LogP contribution >= 0.6 is 0 Å². The second kappa shape index (κ2) is 8.85.